The number of amides is 1. The first-order valence-corrected chi connectivity index (χ1v) is 12.5. The highest BCUT2D eigenvalue weighted by atomic mass is 79.9. The fourth-order valence-electron chi connectivity index (χ4n) is 4.37. The van der Waals surface area contributed by atoms with E-state index in [1.54, 1.807) is 4.90 Å². The monoisotopic (exact) mass is 494 g/mol. The van der Waals surface area contributed by atoms with Crippen molar-refractivity contribution in [2.45, 2.75) is 49.5 Å². The molecule has 8 heteroatoms. The molecular formula is C22H24BrFN2O3S. The van der Waals surface area contributed by atoms with E-state index in [1.807, 2.05) is 18.2 Å². The van der Waals surface area contributed by atoms with Gasteiger partial charge in [-0.2, -0.15) is 4.31 Å². The Balaban J connectivity index is 1.62. The molecule has 0 bridgehead atoms. The van der Waals surface area contributed by atoms with E-state index in [0.717, 1.165) is 66.4 Å². The lowest BCUT2D eigenvalue weighted by atomic mass is 9.95. The summed E-state index contributed by atoms with van der Waals surface area (Å²) >= 11 is 3.45. The molecule has 160 valence electrons. The zero-order valence-electron chi connectivity index (χ0n) is 16.6. The van der Waals surface area contributed by atoms with Gasteiger partial charge in [0.05, 0.1) is 11.4 Å². The SMILES string of the molecule is O=C(CN(C1CCCCC1)S(=O)(=O)c1ccc(F)cc1)N1CCc2cc(Br)ccc21. The highest BCUT2D eigenvalue weighted by Gasteiger charge is 2.36. The molecule has 2 aliphatic rings. The topological polar surface area (TPSA) is 57.7 Å². The molecule has 1 heterocycles. The molecule has 2 aromatic carbocycles. The largest absolute Gasteiger partial charge is 0.311 e. The van der Waals surface area contributed by atoms with E-state index in [0.29, 0.717) is 6.54 Å². The maximum absolute atomic E-state index is 13.4. The number of sulfonamides is 1. The Morgan fingerprint density at radius 1 is 1.10 bits per heavy atom. The van der Waals surface area contributed by atoms with Crippen LogP contribution in [0.3, 0.4) is 0 Å². The standard InChI is InChI=1S/C22H24BrFN2O3S/c23-17-6-11-21-16(14-17)12-13-25(21)22(27)15-26(19-4-2-1-3-5-19)30(28,29)20-9-7-18(24)8-10-20/h6-11,14,19H,1-5,12-13,15H2. The Bertz CT molecular complexity index is 1040. The van der Waals surface area contributed by atoms with E-state index >= 15 is 0 Å². The number of hydrogen-bond donors (Lipinski definition) is 0. The maximum Gasteiger partial charge on any atom is 0.243 e. The first-order chi connectivity index (χ1) is 14.4. The van der Waals surface area contributed by atoms with E-state index in [1.165, 1.54) is 16.4 Å². The van der Waals surface area contributed by atoms with Gasteiger partial charge in [0.25, 0.3) is 0 Å². The summed E-state index contributed by atoms with van der Waals surface area (Å²) in [7, 11) is -3.91. The summed E-state index contributed by atoms with van der Waals surface area (Å²) in [5.41, 5.74) is 1.91. The van der Waals surface area contributed by atoms with Gasteiger partial charge >= 0.3 is 0 Å². The molecule has 0 saturated heterocycles. The normalized spacial score (nSPS) is 17.4. The van der Waals surface area contributed by atoms with Crippen molar-refractivity contribution < 1.29 is 17.6 Å². The van der Waals surface area contributed by atoms with Crippen molar-refractivity contribution in [2.24, 2.45) is 0 Å². The number of benzene rings is 2. The van der Waals surface area contributed by atoms with E-state index in [4.69, 9.17) is 0 Å². The third kappa shape index (κ3) is 4.31. The van der Waals surface area contributed by atoms with Gasteiger partial charge in [-0.1, -0.05) is 35.2 Å². The van der Waals surface area contributed by atoms with Crippen LogP contribution in [0.2, 0.25) is 0 Å². The van der Waals surface area contributed by atoms with Crippen LogP contribution >= 0.6 is 15.9 Å². The van der Waals surface area contributed by atoms with Crippen molar-refractivity contribution in [1.82, 2.24) is 4.31 Å². The van der Waals surface area contributed by atoms with Gasteiger partial charge in [-0.05, 0) is 67.3 Å². The molecule has 30 heavy (non-hydrogen) atoms. The fraction of sp³-hybridized carbons (Fsp3) is 0.409. The number of rotatable bonds is 5. The van der Waals surface area contributed by atoms with E-state index < -0.39 is 15.8 Å². The van der Waals surface area contributed by atoms with Crippen molar-refractivity contribution in [2.75, 3.05) is 18.0 Å². The van der Waals surface area contributed by atoms with Crippen LogP contribution in [-0.2, 0) is 21.2 Å². The number of nitrogens with zero attached hydrogens (tertiary/aromatic N) is 2. The molecule has 5 nitrogen and oxygen atoms in total. The van der Waals surface area contributed by atoms with Gasteiger partial charge in [0, 0.05) is 22.7 Å². The number of halogens is 2. The molecule has 0 atom stereocenters. The molecule has 1 aliphatic heterocycles. The van der Waals surface area contributed by atoms with Crippen molar-refractivity contribution in [3.63, 3.8) is 0 Å². The number of anilines is 1. The minimum Gasteiger partial charge on any atom is -0.311 e. The Morgan fingerprint density at radius 2 is 1.80 bits per heavy atom. The molecule has 0 N–H and O–H groups in total. The second-order valence-corrected chi connectivity index (χ2v) is 10.7. The minimum absolute atomic E-state index is 0.0213. The molecular weight excluding hydrogens is 471 g/mol. The lowest BCUT2D eigenvalue weighted by Crippen LogP contribution is -2.48. The predicted octanol–water partition coefficient (Wildman–Crippen LogP) is 4.50. The molecule has 1 aliphatic carbocycles. The molecule has 0 spiro atoms. The molecule has 1 saturated carbocycles. The third-order valence-electron chi connectivity index (χ3n) is 5.93. The van der Waals surface area contributed by atoms with Gasteiger partial charge in [-0.3, -0.25) is 4.79 Å². The summed E-state index contributed by atoms with van der Waals surface area (Å²) in [6.07, 6.45) is 5.16. The highest BCUT2D eigenvalue weighted by molar-refractivity contribution is 9.10. The quantitative estimate of drug-likeness (QED) is 0.614. The Morgan fingerprint density at radius 3 is 2.50 bits per heavy atom. The van der Waals surface area contributed by atoms with Crippen LogP contribution in [0.5, 0.6) is 0 Å². The minimum atomic E-state index is -3.91. The first kappa shape index (κ1) is 21.5. The van der Waals surface area contributed by atoms with Gasteiger partial charge in [0.2, 0.25) is 15.9 Å². The van der Waals surface area contributed by atoms with Gasteiger partial charge in [-0.15, -0.1) is 0 Å². The summed E-state index contributed by atoms with van der Waals surface area (Å²) in [5.74, 6) is -0.721. The van der Waals surface area contributed by atoms with Crippen LogP contribution in [0.1, 0.15) is 37.7 Å². The Labute approximate surface area is 185 Å². The van der Waals surface area contributed by atoms with Gasteiger partial charge in [0.1, 0.15) is 5.82 Å². The molecule has 0 unspecified atom stereocenters. The van der Waals surface area contributed by atoms with Crippen LogP contribution in [0, 0.1) is 5.82 Å². The van der Waals surface area contributed by atoms with Crippen molar-refractivity contribution in [3.05, 3.63) is 58.3 Å². The van der Waals surface area contributed by atoms with Crippen molar-refractivity contribution in [3.8, 4) is 0 Å². The summed E-state index contributed by atoms with van der Waals surface area (Å²) in [4.78, 5) is 14.9. The number of carbonyl (C=O) groups is 1. The zero-order valence-corrected chi connectivity index (χ0v) is 19.0. The number of fused-ring (bicyclic) bond motifs is 1. The van der Waals surface area contributed by atoms with Gasteiger partial charge in [0.15, 0.2) is 0 Å². The summed E-state index contributed by atoms with van der Waals surface area (Å²) < 4.78 is 42.5. The summed E-state index contributed by atoms with van der Waals surface area (Å²) in [6.45, 7) is 0.333. The third-order valence-corrected chi connectivity index (χ3v) is 8.34. The van der Waals surface area contributed by atoms with E-state index in [9.17, 15) is 17.6 Å². The molecule has 1 amide bonds. The molecule has 0 radical (unpaired) electrons. The van der Waals surface area contributed by atoms with Crippen LogP contribution in [0.25, 0.3) is 0 Å². The number of hydrogen-bond acceptors (Lipinski definition) is 3. The second-order valence-electron chi connectivity index (χ2n) is 7.86. The molecule has 4 rings (SSSR count). The first-order valence-electron chi connectivity index (χ1n) is 10.2. The lowest BCUT2D eigenvalue weighted by Gasteiger charge is -2.34. The molecule has 1 fully saturated rings. The number of carbonyl (C=O) groups excluding carboxylic acids is 1. The fourth-order valence-corrected chi connectivity index (χ4v) is 6.41. The van der Waals surface area contributed by atoms with Crippen molar-refractivity contribution in [1.29, 1.82) is 0 Å². The molecule has 2 aromatic rings. The Kier molecular flexibility index (Phi) is 6.27. The van der Waals surface area contributed by atoms with Crippen LogP contribution in [0.4, 0.5) is 10.1 Å². The van der Waals surface area contributed by atoms with Gasteiger partial charge < -0.3 is 4.90 Å². The summed E-state index contributed by atoms with van der Waals surface area (Å²) in [6, 6.07) is 10.4. The highest BCUT2D eigenvalue weighted by Crippen LogP contribution is 2.32. The van der Waals surface area contributed by atoms with Crippen molar-refractivity contribution >= 4 is 37.5 Å². The van der Waals surface area contributed by atoms with Gasteiger partial charge in [-0.25, -0.2) is 12.8 Å². The van der Waals surface area contributed by atoms with Crippen LogP contribution < -0.4 is 4.90 Å². The Hall–Kier alpha value is -1.77. The van der Waals surface area contributed by atoms with Crippen LogP contribution in [0.15, 0.2) is 51.8 Å². The molecule has 0 aromatic heterocycles. The average molecular weight is 495 g/mol. The zero-order chi connectivity index (χ0) is 21.3. The summed E-state index contributed by atoms with van der Waals surface area (Å²) in [5, 5.41) is 0. The lowest BCUT2D eigenvalue weighted by molar-refractivity contribution is -0.119. The van der Waals surface area contributed by atoms with Crippen LogP contribution in [-0.4, -0.2) is 37.8 Å². The smallest absolute Gasteiger partial charge is 0.243 e. The van der Waals surface area contributed by atoms with E-state index in [-0.39, 0.29) is 23.4 Å². The maximum atomic E-state index is 13.4. The average Bonchev–Trinajstić information content (AvgIpc) is 3.15. The van der Waals surface area contributed by atoms with E-state index in [2.05, 4.69) is 15.9 Å². The second kappa shape index (κ2) is 8.77. The predicted molar refractivity (Wildman–Crippen MR) is 117 cm³/mol.